The molecule has 0 aromatic heterocycles. The summed E-state index contributed by atoms with van der Waals surface area (Å²) in [6, 6.07) is 36.2. The summed E-state index contributed by atoms with van der Waals surface area (Å²) in [6.07, 6.45) is 1.07. The number of benzene rings is 4. The van der Waals surface area contributed by atoms with Gasteiger partial charge in [0.05, 0.1) is 9.52 Å². The molecule has 5 aromatic rings. The van der Waals surface area contributed by atoms with E-state index in [1.807, 2.05) is 6.07 Å². The van der Waals surface area contributed by atoms with Crippen molar-refractivity contribution in [1.29, 1.82) is 0 Å². The van der Waals surface area contributed by atoms with Crippen LogP contribution < -0.4 is 10.4 Å². The number of fused-ring (bicyclic) bond motifs is 4. The van der Waals surface area contributed by atoms with Crippen molar-refractivity contribution in [2.45, 2.75) is 40.0 Å². The standard InChI is InChI=1S/C21H23.C12H7Si.2ClH.Zr/c1-5-16-10-11-17-12-15(4)13-20(17)21(16)19-9-7-6-8-18(19)14(2)3;1-3-7-11-9(5-1)10-6-2-4-8-12(10)13-11;;;/h6-14H,5H2,1-4H3;1-7H;2*1H;/q2*-1;;;+4/p-2. The van der Waals surface area contributed by atoms with Gasteiger partial charge in [0.1, 0.15) is 0 Å². The third kappa shape index (κ3) is 6.43. The van der Waals surface area contributed by atoms with Crippen LogP contribution in [0.2, 0.25) is 0 Å². The first-order chi connectivity index (χ1) is 18.0. The Bertz CT molecular complexity index is 1440. The molecular weight excluding hydrogens is 587 g/mol. The van der Waals surface area contributed by atoms with Crippen LogP contribution in [0.4, 0.5) is 0 Å². The maximum atomic E-state index is 4.93. The Morgan fingerprint density at radius 1 is 0.892 bits per heavy atom. The van der Waals surface area contributed by atoms with E-state index in [2.05, 4.69) is 119 Å². The Hall–Kier alpha value is -1.83. The van der Waals surface area contributed by atoms with Gasteiger partial charge in [0.15, 0.2) is 0 Å². The Morgan fingerprint density at radius 2 is 1.57 bits per heavy atom. The van der Waals surface area contributed by atoms with Crippen LogP contribution in [0.3, 0.4) is 0 Å². The average molecular weight is 617 g/mol. The summed E-state index contributed by atoms with van der Waals surface area (Å²) in [7, 11) is 10.7. The zero-order valence-electron chi connectivity index (χ0n) is 21.7. The first-order valence-corrected chi connectivity index (χ1v) is 19.9. The monoisotopic (exact) mass is 614 g/mol. The molecule has 0 fully saturated rings. The molecule has 0 saturated heterocycles. The number of hydrogen-bond donors (Lipinski definition) is 0. The van der Waals surface area contributed by atoms with Crippen molar-refractivity contribution in [3.8, 4) is 22.3 Å². The van der Waals surface area contributed by atoms with E-state index in [9.17, 15) is 0 Å². The molecule has 0 unspecified atom stereocenters. The molecule has 1 aliphatic heterocycles. The molecule has 0 nitrogen and oxygen atoms in total. The van der Waals surface area contributed by atoms with Crippen LogP contribution in [0, 0.1) is 13.0 Å². The minimum atomic E-state index is -0.826. The van der Waals surface area contributed by atoms with E-state index in [0.29, 0.717) is 5.92 Å². The van der Waals surface area contributed by atoms with Gasteiger partial charge in [-0.15, -0.1) is 40.1 Å². The summed E-state index contributed by atoms with van der Waals surface area (Å²) >= 11 is -0.826. The van der Waals surface area contributed by atoms with E-state index in [-0.39, 0.29) is 0 Å². The van der Waals surface area contributed by atoms with Gasteiger partial charge in [-0.2, -0.15) is 35.5 Å². The predicted molar refractivity (Wildman–Crippen MR) is 161 cm³/mol. The van der Waals surface area contributed by atoms with Crippen LogP contribution in [-0.4, -0.2) is 9.52 Å². The molecule has 0 spiro atoms. The number of aryl methyl sites for hydroxylation is 2. The van der Waals surface area contributed by atoms with Crippen molar-refractivity contribution in [3.05, 3.63) is 114 Å². The van der Waals surface area contributed by atoms with Gasteiger partial charge < -0.3 is 0 Å². The van der Waals surface area contributed by atoms with Crippen molar-refractivity contribution >= 4 is 47.7 Å². The van der Waals surface area contributed by atoms with E-state index >= 15 is 0 Å². The van der Waals surface area contributed by atoms with E-state index in [0.717, 1.165) is 15.9 Å². The summed E-state index contributed by atoms with van der Waals surface area (Å²) in [5.74, 6) is 0.539. The fourth-order valence-electron chi connectivity index (χ4n) is 5.04. The third-order valence-electron chi connectivity index (χ3n) is 6.69. The average Bonchev–Trinajstić information content (AvgIpc) is 3.48. The molecule has 37 heavy (non-hydrogen) atoms. The molecule has 0 amide bonds. The van der Waals surface area contributed by atoms with Gasteiger partial charge in [0, 0.05) is 0 Å². The molecular formula is C33H30Cl2SiZr. The fourth-order valence-corrected chi connectivity index (χ4v) is 6.35. The Kier molecular flexibility index (Phi) is 10.1. The Labute approximate surface area is 242 Å². The number of rotatable bonds is 3. The van der Waals surface area contributed by atoms with Crippen LogP contribution in [0.5, 0.6) is 0 Å². The van der Waals surface area contributed by atoms with Crippen molar-refractivity contribution < 1.29 is 20.8 Å². The minimum Gasteiger partial charge on any atom is -0.184 e. The second-order valence-corrected chi connectivity index (χ2v) is 14.5. The van der Waals surface area contributed by atoms with Crippen LogP contribution in [0.1, 0.15) is 43.4 Å². The topological polar surface area (TPSA) is 0 Å². The number of halogens is 2. The zero-order valence-corrected chi connectivity index (χ0v) is 26.7. The van der Waals surface area contributed by atoms with Crippen molar-refractivity contribution in [3.63, 3.8) is 0 Å². The van der Waals surface area contributed by atoms with Crippen LogP contribution >= 0.6 is 17.0 Å². The molecule has 0 aliphatic carbocycles. The maximum absolute atomic E-state index is 4.93. The van der Waals surface area contributed by atoms with E-state index in [1.165, 1.54) is 60.1 Å². The SMILES string of the molecule is CCc1ccc2[cH-]c(C)cc2c1-c1ccccc1C(C)C.[Cl][Zr+2][Cl].[c-]1cccc2c1[Si]c1ccccc1-2. The van der Waals surface area contributed by atoms with Crippen LogP contribution in [0.15, 0.2) is 91.0 Å². The van der Waals surface area contributed by atoms with Gasteiger partial charge >= 0.3 is 37.9 Å². The molecule has 1 aliphatic rings. The number of hydrogen-bond acceptors (Lipinski definition) is 0. The molecule has 1 heterocycles. The van der Waals surface area contributed by atoms with Gasteiger partial charge in [0.2, 0.25) is 0 Å². The van der Waals surface area contributed by atoms with Gasteiger partial charge in [-0.3, -0.25) is 0 Å². The molecule has 0 bridgehead atoms. The summed E-state index contributed by atoms with van der Waals surface area (Å²) in [5.41, 5.74) is 9.85. The Morgan fingerprint density at radius 3 is 2.30 bits per heavy atom. The summed E-state index contributed by atoms with van der Waals surface area (Å²) in [6.45, 7) is 8.99. The van der Waals surface area contributed by atoms with Crippen LogP contribution in [-0.2, 0) is 27.3 Å². The fraction of sp³-hybridized carbons (Fsp3) is 0.182. The zero-order chi connectivity index (χ0) is 26.4. The second-order valence-electron chi connectivity index (χ2n) is 9.43. The van der Waals surface area contributed by atoms with E-state index < -0.39 is 20.8 Å². The normalized spacial score (nSPS) is 11.1. The molecule has 184 valence electrons. The van der Waals surface area contributed by atoms with Gasteiger partial charge in [-0.25, -0.2) is 0 Å². The molecule has 6 rings (SSSR count). The molecule has 0 saturated carbocycles. The van der Waals surface area contributed by atoms with Gasteiger partial charge in [-0.1, -0.05) is 98.1 Å². The van der Waals surface area contributed by atoms with Crippen molar-refractivity contribution in [2.24, 2.45) is 0 Å². The first kappa shape index (κ1) is 28.2. The first-order valence-electron chi connectivity index (χ1n) is 12.6. The quantitative estimate of drug-likeness (QED) is 0.138. The van der Waals surface area contributed by atoms with Gasteiger partial charge in [0.25, 0.3) is 0 Å². The minimum absolute atomic E-state index is 0.539. The largest absolute Gasteiger partial charge is 0.184 e. The molecule has 2 radical (unpaired) electrons. The summed E-state index contributed by atoms with van der Waals surface area (Å²) in [5, 5.41) is 5.59. The smallest absolute Gasteiger partial charge is 0.0920 e. The molecule has 5 aromatic carbocycles. The maximum Gasteiger partial charge on any atom is 0.0920 e. The molecule has 0 N–H and O–H groups in total. The molecule has 4 heteroatoms. The van der Waals surface area contributed by atoms with Crippen molar-refractivity contribution in [2.75, 3.05) is 0 Å². The van der Waals surface area contributed by atoms with Crippen molar-refractivity contribution in [1.82, 2.24) is 0 Å². The third-order valence-corrected chi connectivity index (χ3v) is 8.06. The Balaban J connectivity index is 0.000000170. The van der Waals surface area contributed by atoms with Gasteiger partial charge in [-0.05, 0) is 23.5 Å². The molecule has 0 atom stereocenters. The second kappa shape index (κ2) is 13.3. The summed E-state index contributed by atoms with van der Waals surface area (Å²) < 4.78 is 0. The predicted octanol–water partition coefficient (Wildman–Crippen LogP) is 8.72. The van der Waals surface area contributed by atoms with E-state index in [1.54, 1.807) is 0 Å². The summed E-state index contributed by atoms with van der Waals surface area (Å²) in [4.78, 5) is 0. The van der Waals surface area contributed by atoms with E-state index in [4.69, 9.17) is 17.0 Å². The van der Waals surface area contributed by atoms with Crippen LogP contribution in [0.25, 0.3) is 33.0 Å².